The number of halogens is 1. The highest BCUT2D eigenvalue weighted by atomic mass is 79.9. The van der Waals surface area contributed by atoms with Crippen LogP contribution >= 0.6 is 15.9 Å². The van der Waals surface area contributed by atoms with Gasteiger partial charge in [0.15, 0.2) is 0 Å². The van der Waals surface area contributed by atoms with Gasteiger partial charge in [0, 0.05) is 0 Å². The molecule has 0 saturated carbocycles. The molecule has 1 aromatic rings. The van der Waals surface area contributed by atoms with Gasteiger partial charge in [0.25, 0.3) is 0 Å². The van der Waals surface area contributed by atoms with Crippen molar-refractivity contribution in [1.82, 2.24) is 9.71 Å². The van der Waals surface area contributed by atoms with Crippen molar-refractivity contribution in [1.29, 1.82) is 0 Å². The van der Waals surface area contributed by atoms with E-state index in [-0.39, 0.29) is 5.69 Å². The van der Waals surface area contributed by atoms with E-state index in [0.29, 0.717) is 4.60 Å². The Hall–Kier alpha value is -1.35. The van der Waals surface area contributed by atoms with E-state index < -0.39 is 22.4 Å². The number of aryl methyl sites for hydroxylation is 1. The van der Waals surface area contributed by atoms with Gasteiger partial charge in [-0.1, -0.05) is 0 Å². The number of carbonyl (C=O) groups excluding carboxylic acids is 1. The van der Waals surface area contributed by atoms with E-state index >= 15 is 0 Å². The zero-order chi connectivity index (χ0) is 14.6. The smallest absolute Gasteiger partial charge is 0.422 e. The second-order valence-electron chi connectivity index (χ2n) is 3.99. The summed E-state index contributed by atoms with van der Waals surface area (Å²) < 4.78 is 32.4. The number of aromatic nitrogens is 1. The van der Waals surface area contributed by atoms with Gasteiger partial charge in [-0.2, -0.15) is 8.42 Å². The number of rotatable bonds is 4. The van der Waals surface area contributed by atoms with Gasteiger partial charge in [0.2, 0.25) is 0 Å². The first kappa shape index (κ1) is 15.7. The molecule has 0 fully saturated rings. The monoisotopic (exact) mass is 351 g/mol. The Labute approximate surface area is 120 Å². The SMILES string of the molecule is Cc1cc(NS(=O)(=O)NC(=O)OC(C)C)cnc1Br. The summed E-state index contributed by atoms with van der Waals surface area (Å²) in [7, 11) is -4.04. The topological polar surface area (TPSA) is 97.4 Å². The normalized spacial score (nSPS) is 11.2. The van der Waals surface area contributed by atoms with Crippen molar-refractivity contribution in [3.05, 3.63) is 22.4 Å². The Morgan fingerprint density at radius 2 is 2.11 bits per heavy atom. The van der Waals surface area contributed by atoms with Crippen molar-refractivity contribution in [2.45, 2.75) is 26.9 Å². The van der Waals surface area contributed by atoms with Crippen LogP contribution in [0.4, 0.5) is 10.5 Å². The summed E-state index contributed by atoms with van der Waals surface area (Å²) in [6.45, 7) is 4.98. The van der Waals surface area contributed by atoms with Gasteiger partial charge in [0.1, 0.15) is 4.60 Å². The fourth-order valence-electron chi connectivity index (χ4n) is 1.14. The number of nitrogens with zero attached hydrogens (tertiary/aromatic N) is 1. The summed E-state index contributed by atoms with van der Waals surface area (Å²) in [5.74, 6) is 0. The fraction of sp³-hybridized carbons (Fsp3) is 0.400. The molecule has 0 aromatic carbocycles. The molecular formula is C10H14BrN3O4S. The lowest BCUT2D eigenvalue weighted by Gasteiger charge is -2.11. The summed E-state index contributed by atoms with van der Waals surface area (Å²) in [6.07, 6.45) is -0.125. The van der Waals surface area contributed by atoms with Crippen LogP contribution in [0.15, 0.2) is 16.9 Å². The van der Waals surface area contributed by atoms with Gasteiger partial charge in [0.05, 0.1) is 18.0 Å². The van der Waals surface area contributed by atoms with Gasteiger partial charge < -0.3 is 4.74 Å². The first-order valence-corrected chi connectivity index (χ1v) is 7.60. The van der Waals surface area contributed by atoms with E-state index in [2.05, 4.69) is 30.4 Å². The number of anilines is 1. The fourth-order valence-corrected chi connectivity index (χ4v) is 2.10. The quantitative estimate of drug-likeness (QED) is 0.807. The molecule has 0 bridgehead atoms. The molecule has 0 aliphatic rings. The molecule has 1 heterocycles. The van der Waals surface area contributed by atoms with Crippen LogP contribution in [0.3, 0.4) is 0 Å². The molecule has 0 aliphatic heterocycles. The minimum atomic E-state index is -4.04. The van der Waals surface area contributed by atoms with E-state index in [1.807, 2.05) is 0 Å². The van der Waals surface area contributed by atoms with Crippen LogP contribution < -0.4 is 9.44 Å². The molecule has 1 rings (SSSR count). The minimum absolute atomic E-state index is 0.241. The predicted octanol–water partition coefficient (Wildman–Crippen LogP) is 1.94. The zero-order valence-corrected chi connectivity index (χ0v) is 13.0. The van der Waals surface area contributed by atoms with Crippen LogP contribution in [0.1, 0.15) is 19.4 Å². The molecule has 1 aromatic heterocycles. The second kappa shape index (κ2) is 6.20. The summed E-state index contributed by atoms with van der Waals surface area (Å²) in [6, 6.07) is 1.57. The summed E-state index contributed by atoms with van der Waals surface area (Å²) >= 11 is 3.20. The largest absolute Gasteiger partial charge is 0.446 e. The molecule has 0 saturated heterocycles. The first-order chi connectivity index (χ1) is 8.69. The number of hydrogen-bond acceptors (Lipinski definition) is 5. The number of nitrogens with one attached hydrogen (secondary N) is 2. The molecule has 0 aliphatic carbocycles. The Bertz CT molecular complexity index is 574. The van der Waals surface area contributed by atoms with Crippen LogP contribution in [0.25, 0.3) is 0 Å². The number of carbonyl (C=O) groups is 1. The van der Waals surface area contributed by atoms with Crippen LogP contribution in [0.5, 0.6) is 0 Å². The number of ether oxygens (including phenoxy) is 1. The highest BCUT2D eigenvalue weighted by Gasteiger charge is 2.16. The Morgan fingerprint density at radius 1 is 1.47 bits per heavy atom. The summed E-state index contributed by atoms with van der Waals surface area (Å²) in [5.41, 5.74) is 0.996. The Morgan fingerprint density at radius 3 is 2.63 bits per heavy atom. The van der Waals surface area contributed by atoms with E-state index in [1.165, 1.54) is 6.20 Å². The van der Waals surface area contributed by atoms with Crippen molar-refractivity contribution >= 4 is 37.9 Å². The van der Waals surface area contributed by atoms with Gasteiger partial charge in [-0.25, -0.2) is 14.5 Å². The maximum atomic E-state index is 11.6. The van der Waals surface area contributed by atoms with E-state index in [1.54, 1.807) is 31.6 Å². The zero-order valence-electron chi connectivity index (χ0n) is 10.6. The van der Waals surface area contributed by atoms with Crippen molar-refractivity contribution in [3.63, 3.8) is 0 Å². The van der Waals surface area contributed by atoms with Crippen molar-refractivity contribution < 1.29 is 17.9 Å². The molecule has 19 heavy (non-hydrogen) atoms. The third-order valence-electron chi connectivity index (χ3n) is 1.83. The molecule has 0 atom stereocenters. The number of pyridine rings is 1. The van der Waals surface area contributed by atoms with Gasteiger partial charge in [-0.3, -0.25) is 4.72 Å². The Balaban J connectivity index is 2.74. The second-order valence-corrected chi connectivity index (χ2v) is 6.16. The van der Waals surface area contributed by atoms with Crippen LogP contribution in [0.2, 0.25) is 0 Å². The van der Waals surface area contributed by atoms with E-state index in [9.17, 15) is 13.2 Å². The summed E-state index contributed by atoms with van der Waals surface area (Å²) in [5, 5.41) is 0. The van der Waals surface area contributed by atoms with Gasteiger partial charge >= 0.3 is 16.3 Å². The molecule has 106 valence electrons. The molecule has 0 unspecified atom stereocenters. The highest BCUT2D eigenvalue weighted by Crippen LogP contribution is 2.17. The maximum absolute atomic E-state index is 11.6. The minimum Gasteiger partial charge on any atom is -0.446 e. The highest BCUT2D eigenvalue weighted by molar-refractivity contribution is 9.10. The lowest BCUT2D eigenvalue weighted by molar-refractivity contribution is 0.121. The Kier molecular flexibility index (Phi) is 5.12. The lowest BCUT2D eigenvalue weighted by atomic mass is 10.3. The molecule has 7 nitrogen and oxygen atoms in total. The van der Waals surface area contributed by atoms with Gasteiger partial charge in [-0.15, -0.1) is 0 Å². The maximum Gasteiger partial charge on any atom is 0.422 e. The third-order valence-corrected chi connectivity index (χ3v) is 3.60. The van der Waals surface area contributed by atoms with Crippen LogP contribution in [-0.4, -0.2) is 25.6 Å². The molecule has 2 N–H and O–H groups in total. The lowest BCUT2D eigenvalue weighted by Crippen LogP contribution is -2.36. The molecule has 1 amide bonds. The average molecular weight is 352 g/mol. The van der Waals surface area contributed by atoms with E-state index in [4.69, 9.17) is 0 Å². The van der Waals surface area contributed by atoms with Crippen LogP contribution in [-0.2, 0) is 14.9 Å². The van der Waals surface area contributed by atoms with E-state index in [0.717, 1.165) is 5.56 Å². The third kappa shape index (κ3) is 5.43. The molecule has 0 radical (unpaired) electrons. The van der Waals surface area contributed by atoms with Gasteiger partial charge in [-0.05, 0) is 48.3 Å². The molecule has 0 spiro atoms. The van der Waals surface area contributed by atoms with Crippen molar-refractivity contribution in [2.24, 2.45) is 0 Å². The van der Waals surface area contributed by atoms with Crippen molar-refractivity contribution in [3.8, 4) is 0 Å². The van der Waals surface area contributed by atoms with Crippen molar-refractivity contribution in [2.75, 3.05) is 4.72 Å². The average Bonchev–Trinajstić information content (AvgIpc) is 2.20. The number of hydrogen-bond donors (Lipinski definition) is 2. The molecule has 9 heteroatoms. The number of amides is 1. The predicted molar refractivity (Wildman–Crippen MR) is 74.0 cm³/mol. The first-order valence-electron chi connectivity index (χ1n) is 5.33. The standard InChI is InChI=1S/C10H14BrN3O4S/c1-6(2)18-10(15)14-19(16,17)13-8-4-7(3)9(11)12-5-8/h4-6,13H,1-3H3,(H,14,15). The van der Waals surface area contributed by atoms with Crippen LogP contribution in [0, 0.1) is 6.92 Å². The summed E-state index contributed by atoms with van der Waals surface area (Å²) in [4.78, 5) is 15.1. The molecular weight excluding hydrogens is 338 g/mol.